The summed E-state index contributed by atoms with van der Waals surface area (Å²) in [6.07, 6.45) is -1.31. The van der Waals surface area contributed by atoms with E-state index in [4.69, 9.17) is 22.1 Å². The zero-order valence-electron chi connectivity index (χ0n) is 20.0. The van der Waals surface area contributed by atoms with Gasteiger partial charge >= 0.3 is 6.08 Å². The molecule has 4 N–H and O–H groups in total. The van der Waals surface area contributed by atoms with Crippen LogP contribution in [0.1, 0.15) is 0 Å². The van der Waals surface area contributed by atoms with Gasteiger partial charge in [0.15, 0.2) is 11.6 Å². The summed E-state index contributed by atoms with van der Waals surface area (Å²) in [5.41, 5.74) is 0.745. The summed E-state index contributed by atoms with van der Waals surface area (Å²) in [4.78, 5) is 7.20. The number of nitrogens with zero attached hydrogens (tertiary/aromatic N) is 4. The minimum absolute atomic E-state index is 0.0113. The molecular weight excluding hydrogens is 608 g/mol. The molecule has 41 heavy (non-hydrogen) atoms. The van der Waals surface area contributed by atoms with Crippen molar-refractivity contribution in [3.8, 4) is 5.75 Å². The fourth-order valence-electron chi connectivity index (χ4n) is 3.83. The molecule has 0 spiro atoms. The maximum atomic E-state index is 13.7. The van der Waals surface area contributed by atoms with E-state index in [9.17, 15) is 13.9 Å². The maximum absolute atomic E-state index is 13.7. The highest BCUT2D eigenvalue weighted by molar-refractivity contribution is 7.95. The number of halogens is 3. The van der Waals surface area contributed by atoms with Gasteiger partial charge < -0.3 is 10.4 Å². The van der Waals surface area contributed by atoms with Crippen LogP contribution in [0.4, 0.5) is 31.7 Å². The van der Waals surface area contributed by atoms with Crippen LogP contribution >= 0.6 is 35.7 Å². The van der Waals surface area contributed by atoms with Gasteiger partial charge in [0, 0.05) is 21.4 Å². The first-order valence-electron chi connectivity index (χ1n) is 11.1. The first-order chi connectivity index (χ1) is 19.9. The molecule has 12 nitrogen and oxygen atoms in total. The molecule has 0 aliphatic heterocycles. The number of nitrogens with one attached hydrogen (secondary N) is 1. The molecule has 0 aliphatic carbocycles. The monoisotopic (exact) mass is 621 g/mol. The lowest BCUT2D eigenvalue weighted by atomic mass is 10.1. The van der Waals surface area contributed by atoms with Crippen LogP contribution in [0.2, 0.25) is 5.02 Å². The fourth-order valence-corrected chi connectivity index (χ4v) is 4.95. The number of hydrogen-bond donors (Lipinski definition) is 4. The van der Waals surface area contributed by atoms with Crippen molar-refractivity contribution in [2.24, 2.45) is 10.2 Å². The first kappa shape index (κ1) is 28.8. The Hall–Kier alpha value is -3.71. The van der Waals surface area contributed by atoms with E-state index in [2.05, 4.69) is 44.3 Å². The van der Waals surface area contributed by atoms with Crippen LogP contribution in [0, 0.1) is 12.0 Å². The smallest absolute Gasteiger partial charge is 0.313 e. The van der Waals surface area contributed by atoms with Crippen LogP contribution in [-0.4, -0.2) is 25.6 Å². The third-order valence-corrected chi connectivity index (χ3v) is 7.14. The highest BCUT2D eigenvalue weighted by Crippen LogP contribution is 2.45. The summed E-state index contributed by atoms with van der Waals surface area (Å²) in [6, 6.07) is 16.6. The van der Waals surface area contributed by atoms with E-state index in [0.29, 0.717) is 44.5 Å². The molecule has 210 valence electrons. The molecule has 0 aliphatic rings. The van der Waals surface area contributed by atoms with Gasteiger partial charge in [-0.3, -0.25) is 0 Å². The molecule has 5 aromatic rings. The second kappa shape index (κ2) is 12.9. The zero-order valence-corrected chi connectivity index (χ0v) is 22.4. The van der Waals surface area contributed by atoms with Gasteiger partial charge in [-0.2, -0.15) is 18.7 Å². The molecule has 0 bridgehead atoms. The van der Waals surface area contributed by atoms with Gasteiger partial charge in [-0.25, -0.2) is 10.5 Å². The van der Waals surface area contributed by atoms with E-state index in [1.54, 1.807) is 36.4 Å². The molecule has 0 fully saturated rings. The third kappa shape index (κ3) is 6.30. The number of phenolic OH excluding ortho intramolecular Hbond substituents is 1. The van der Waals surface area contributed by atoms with E-state index < -0.39 is 17.0 Å². The number of fused-ring (bicyclic) bond motifs is 2. The van der Waals surface area contributed by atoms with Crippen LogP contribution in [0.5, 0.6) is 5.75 Å². The Labute approximate surface area is 241 Å². The van der Waals surface area contributed by atoms with E-state index in [0.717, 1.165) is 17.4 Å². The zero-order chi connectivity index (χ0) is 28.9. The standard InChI is InChI=1S/C24H14ClF2N5O7S2/c25-19-22(26)29-24(27)30-23(19)28-12-5-6-13-11(9-12)10-18(41-39-37-35)20(21(13)33)32-31-16-7-8-17(40-38-36-34)15-4-2-1-3-14(15)16/h1-10,33-35H,(H,28,29,30). The quantitative estimate of drug-likeness (QED) is 0.0294. The Morgan fingerprint density at radius 3 is 2.32 bits per heavy atom. The molecule has 4 aromatic carbocycles. The molecule has 0 saturated heterocycles. The van der Waals surface area contributed by atoms with Gasteiger partial charge in [0.05, 0.1) is 34.7 Å². The van der Waals surface area contributed by atoms with Crippen molar-refractivity contribution in [2.45, 2.75) is 9.79 Å². The Bertz CT molecular complexity index is 1790. The normalized spacial score (nSPS) is 11.6. The molecule has 0 saturated carbocycles. The van der Waals surface area contributed by atoms with E-state index >= 15 is 0 Å². The lowest BCUT2D eigenvalue weighted by Gasteiger charge is -2.12. The van der Waals surface area contributed by atoms with Crippen molar-refractivity contribution < 1.29 is 43.1 Å². The Balaban J connectivity index is 1.54. The molecule has 0 unspecified atom stereocenters. The van der Waals surface area contributed by atoms with Gasteiger partial charge in [-0.05, 0) is 47.2 Å². The van der Waals surface area contributed by atoms with E-state index in [1.807, 2.05) is 6.07 Å². The van der Waals surface area contributed by atoms with Crippen LogP contribution in [0.3, 0.4) is 0 Å². The SMILES string of the molecule is OOOSc1cc2cc(Nc3nc(F)nc(F)c3Cl)ccc2c(O)c1N=Nc1ccc(SOOO)c2ccccc12. The third-order valence-electron chi connectivity index (χ3n) is 5.52. The predicted molar refractivity (Wildman–Crippen MR) is 145 cm³/mol. The van der Waals surface area contributed by atoms with Crippen LogP contribution in [0.15, 0.2) is 80.7 Å². The summed E-state index contributed by atoms with van der Waals surface area (Å²) < 4.78 is 36.4. The highest BCUT2D eigenvalue weighted by atomic mass is 35.5. The summed E-state index contributed by atoms with van der Waals surface area (Å²) >= 11 is 7.17. The number of rotatable bonds is 10. The van der Waals surface area contributed by atoms with Crippen molar-refractivity contribution in [3.05, 3.63) is 77.7 Å². The summed E-state index contributed by atoms with van der Waals surface area (Å²) in [6.45, 7) is 0. The number of phenols is 1. The molecular formula is C24H14ClF2N5O7S2. The first-order valence-corrected chi connectivity index (χ1v) is 12.9. The highest BCUT2D eigenvalue weighted by Gasteiger charge is 2.17. The van der Waals surface area contributed by atoms with E-state index in [1.165, 1.54) is 18.2 Å². The largest absolute Gasteiger partial charge is 0.505 e. The van der Waals surface area contributed by atoms with Gasteiger partial charge in [-0.1, -0.05) is 45.9 Å². The Morgan fingerprint density at radius 2 is 1.56 bits per heavy atom. The number of benzene rings is 4. The van der Waals surface area contributed by atoms with Gasteiger partial charge in [-0.15, -0.1) is 18.9 Å². The minimum Gasteiger partial charge on any atom is -0.505 e. The Kier molecular flexibility index (Phi) is 9.03. The number of aromatic hydroxyl groups is 1. The Morgan fingerprint density at radius 1 is 0.829 bits per heavy atom. The van der Waals surface area contributed by atoms with E-state index in [-0.39, 0.29) is 22.2 Å². The number of anilines is 2. The molecule has 0 amide bonds. The number of azo groups is 1. The average Bonchev–Trinajstić information content (AvgIpc) is 2.97. The van der Waals surface area contributed by atoms with Crippen LogP contribution in [-0.2, 0) is 18.7 Å². The minimum atomic E-state index is -1.31. The van der Waals surface area contributed by atoms with Crippen molar-refractivity contribution in [1.82, 2.24) is 9.97 Å². The fraction of sp³-hybridized carbons (Fsp3) is 0. The molecule has 0 atom stereocenters. The molecule has 17 heteroatoms. The summed E-state index contributed by atoms with van der Waals surface area (Å²) in [5.74, 6) is -1.82. The summed E-state index contributed by atoms with van der Waals surface area (Å²) in [7, 11) is 0. The van der Waals surface area contributed by atoms with Gasteiger partial charge in [0.25, 0.3) is 0 Å². The molecule has 1 heterocycles. The molecule has 0 radical (unpaired) electrons. The number of aromatic nitrogens is 2. The van der Waals surface area contributed by atoms with Gasteiger partial charge in [0.2, 0.25) is 5.95 Å². The average molecular weight is 622 g/mol. The van der Waals surface area contributed by atoms with Crippen molar-refractivity contribution in [2.75, 3.05) is 5.32 Å². The molecule has 1 aromatic heterocycles. The number of hydrogen-bond acceptors (Lipinski definition) is 14. The van der Waals surface area contributed by atoms with Crippen molar-refractivity contribution in [1.29, 1.82) is 0 Å². The van der Waals surface area contributed by atoms with Crippen molar-refractivity contribution in [3.63, 3.8) is 0 Å². The summed E-state index contributed by atoms with van der Waals surface area (Å²) in [5, 5.41) is 48.6. The topological polar surface area (TPSA) is 160 Å². The van der Waals surface area contributed by atoms with Crippen molar-refractivity contribution >= 4 is 80.1 Å². The molecule has 5 rings (SSSR count). The lowest BCUT2D eigenvalue weighted by Crippen LogP contribution is -2.02. The maximum Gasteiger partial charge on any atom is 0.313 e. The lowest BCUT2D eigenvalue weighted by molar-refractivity contribution is -0.432. The second-order valence-corrected chi connectivity index (χ2v) is 9.72. The predicted octanol–water partition coefficient (Wildman–Crippen LogP) is 8.44. The van der Waals surface area contributed by atoms with Gasteiger partial charge in [0.1, 0.15) is 10.7 Å². The second-order valence-electron chi connectivity index (χ2n) is 7.86. The van der Waals surface area contributed by atoms with Crippen LogP contribution in [0.25, 0.3) is 21.5 Å². The van der Waals surface area contributed by atoms with Crippen LogP contribution < -0.4 is 5.32 Å².